The van der Waals surface area contributed by atoms with E-state index in [0.29, 0.717) is 13.0 Å². The summed E-state index contributed by atoms with van der Waals surface area (Å²) >= 11 is 0. The maximum atomic E-state index is 12.3. The minimum Gasteiger partial charge on any atom is -0.317 e. The molecular formula is C15H27N3O2S. The molecule has 6 heteroatoms. The van der Waals surface area contributed by atoms with Crippen LogP contribution in [0.4, 0.5) is 0 Å². The zero-order valence-electron chi connectivity index (χ0n) is 13.2. The van der Waals surface area contributed by atoms with Crippen LogP contribution in [0.3, 0.4) is 0 Å². The molecule has 2 N–H and O–H groups in total. The van der Waals surface area contributed by atoms with Crippen LogP contribution >= 0.6 is 0 Å². The molecule has 0 saturated carbocycles. The van der Waals surface area contributed by atoms with Crippen LogP contribution in [-0.4, -0.2) is 39.4 Å². The highest BCUT2D eigenvalue weighted by Gasteiger charge is 2.21. The zero-order valence-corrected chi connectivity index (χ0v) is 14.0. The fourth-order valence-corrected chi connectivity index (χ4v) is 3.28. The van der Waals surface area contributed by atoms with Crippen molar-refractivity contribution in [1.29, 1.82) is 0 Å². The maximum absolute atomic E-state index is 12.3. The second-order valence-electron chi connectivity index (χ2n) is 5.02. The molecule has 1 aromatic carbocycles. The van der Waals surface area contributed by atoms with Crippen LogP contribution in [0.2, 0.25) is 0 Å². The molecule has 120 valence electrons. The van der Waals surface area contributed by atoms with Crippen molar-refractivity contribution in [2.24, 2.45) is 0 Å². The molecule has 1 atom stereocenters. The van der Waals surface area contributed by atoms with Crippen LogP contribution in [-0.2, 0) is 10.2 Å². The van der Waals surface area contributed by atoms with Crippen LogP contribution in [0.1, 0.15) is 38.3 Å². The molecule has 1 unspecified atom stereocenters. The third-order valence-corrected chi connectivity index (χ3v) is 4.97. The quantitative estimate of drug-likeness (QED) is 0.649. The van der Waals surface area contributed by atoms with Gasteiger partial charge < -0.3 is 5.32 Å². The molecular weight excluding hydrogens is 286 g/mol. The summed E-state index contributed by atoms with van der Waals surface area (Å²) in [6.07, 6.45) is 1.52. The van der Waals surface area contributed by atoms with Crippen molar-refractivity contribution in [2.45, 2.75) is 32.7 Å². The minimum absolute atomic E-state index is 0.188. The van der Waals surface area contributed by atoms with Crippen LogP contribution in [0, 0.1) is 0 Å². The lowest BCUT2D eigenvalue weighted by Gasteiger charge is -2.23. The SMILES string of the molecule is CCNCCCN(C)S(=O)(=O)NC(CC)c1ccccc1. The minimum atomic E-state index is -3.45. The Morgan fingerprint density at radius 2 is 1.86 bits per heavy atom. The molecule has 0 bridgehead atoms. The van der Waals surface area contributed by atoms with E-state index < -0.39 is 10.2 Å². The molecule has 0 fully saturated rings. The van der Waals surface area contributed by atoms with Crippen molar-refractivity contribution in [3.8, 4) is 0 Å². The summed E-state index contributed by atoms with van der Waals surface area (Å²) in [6, 6.07) is 9.48. The monoisotopic (exact) mass is 313 g/mol. The Hall–Kier alpha value is -0.950. The molecule has 0 aliphatic rings. The Kier molecular flexibility index (Phi) is 7.88. The van der Waals surface area contributed by atoms with Crippen LogP contribution < -0.4 is 10.0 Å². The Morgan fingerprint density at radius 3 is 2.43 bits per heavy atom. The Morgan fingerprint density at radius 1 is 1.19 bits per heavy atom. The van der Waals surface area contributed by atoms with Crippen molar-refractivity contribution in [1.82, 2.24) is 14.3 Å². The average molecular weight is 313 g/mol. The number of benzene rings is 1. The number of nitrogens with one attached hydrogen (secondary N) is 2. The summed E-state index contributed by atoms with van der Waals surface area (Å²) in [6.45, 7) is 6.25. The second kappa shape index (κ2) is 9.15. The molecule has 1 aromatic rings. The first kappa shape index (κ1) is 18.1. The topological polar surface area (TPSA) is 61.4 Å². The predicted molar refractivity (Wildman–Crippen MR) is 87.3 cm³/mol. The van der Waals surface area contributed by atoms with Gasteiger partial charge in [-0.2, -0.15) is 17.4 Å². The molecule has 5 nitrogen and oxygen atoms in total. The van der Waals surface area contributed by atoms with E-state index >= 15 is 0 Å². The predicted octanol–water partition coefficient (Wildman–Crippen LogP) is 1.90. The highest BCUT2D eigenvalue weighted by atomic mass is 32.2. The molecule has 0 heterocycles. The molecule has 0 radical (unpaired) electrons. The summed E-state index contributed by atoms with van der Waals surface area (Å²) < 4.78 is 28.8. The van der Waals surface area contributed by atoms with Gasteiger partial charge >= 0.3 is 0 Å². The third kappa shape index (κ3) is 6.13. The standard InChI is InChI=1S/C15H27N3O2S/c1-4-15(14-10-7-6-8-11-14)17-21(19,20)18(3)13-9-12-16-5-2/h6-8,10-11,15-17H,4-5,9,12-13H2,1-3H3. The average Bonchev–Trinajstić information content (AvgIpc) is 2.49. The normalized spacial score (nSPS) is 13.5. The second-order valence-corrected chi connectivity index (χ2v) is 6.83. The first-order valence-corrected chi connectivity index (χ1v) is 8.94. The van der Waals surface area contributed by atoms with Gasteiger partial charge in [0.2, 0.25) is 0 Å². The van der Waals surface area contributed by atoms with Crippen molar-refractivity contribution in [2.75, 3.05) is 26.7 Å². The van der Waals surface area contributed by atoms with E-state index in [-0.39, 0.29) is 6.04 Å². The fourth-order valence-electron chi connectivity index (χ4n) is 2.07. The van der Waals surface area contributed by atoms with Crippen LogP contribution in [0.25, 0.3) is 0 Å². The highest BCUT2D eigenvalue weighted by molar-refractivity contribution is 7.87. The Balaban J connectivity index is 2.61. The smallest absolute Gasteiger partial charge is 0.279 e. The van der Waals surface area contributed by atoms with E-state index in [2.05, 4.69) is 10.0 Å². The molecule has 21 heavy (non-hydrogen) atoms. The number of hydrogen-bond acceptors (Lipinski definition) is 3. The van der Waals surface area contributed by atoms with Gasteiger partial charge in [-0.15, -0.1) is 0 Å². The molecule has 0 saturated heterocycles. The molecule has 0 aromatic heterocycles. The summed E-state index contributed by atoms with van der Waals surface area (Å²) in [5.41, 5.74) is 0.990. The number of hydrogen-bond donors (Lipinski definition) is 2. The number of rotatable bonds is 10. The van der Waals surface area contributed by atoms with Gasteiger partial charge in [0.25, 0.3) is 10.2 Å². The van der Waals surface area contributed by atoms with E-state index in [0.717, 1.165) is 25.1 Å². The summed E-state index contributed by atoms with van der Waals surface area (Å²) in [5, 5.41) is 3.19. The van der Waals surface area contributed by atoms with E-state index in [1.807, 2.05) is 44.2 Å². The first-order chi connectivity index (χ1) is 10.0. The summed E-state index contributed by atoms with van der Waals surface area (Å²) in [5.74, 6) is 0. The largest absolute Gasteiger partial charge is 0.317 e. The number of nitrogens with zero attached hydrogens (tertiary/aromatic N) is 1. The van der Waals surface area contributed by atoms with Gasteiger partial charge in [-0.3, -0.25) is 0 Å². The van der Waals surface area contributed by atoms with E-state index in [4.69, 9.17) is 0 Å². The van der Waals surface area contributed by atoms with Crippen LogP contribution in [0.15, 0.2) is 30.3 Å². The van der Waals surface area contributed by atoms with Crippen molar-refractivity contribution >= 4 is 10.2 Å². The molecule has 0 aliphatic carbocycles. The third-order valence-electron chi connectivity index (χ3n) is 3.39. The Labute approximate surface area is 128 Å². The summed E-state index contributed by atoms with van der Waals surface area (Å²) in [4.78, 5) is 0. The lowest BCUT2D eigenvalue weighted by Crippen LogP contribution is -2.41. The Bertz CT molecular complexity index is 491. The first-order valence-electron chi connectivity index (χ1n) is 7.50. The van der Waals surface area contributed by atoms with Gasteiger partial charge in [0, 0.05) is 19.6 Å². The van der Waals surface area contributed by atoms with Crippen molar-refractivity contribution in [3.05, 3.63) is 35.9 Å². The molecule has 0 amide bonds. The van der Waals surface area contributed by atoms with Gasteiger partial charge in [0.15, 0.2) is 0 Å². The van der Waals surface area contributed by atoms with Gasteiger partial charge in [0.1, 0.15) is 0 Å². The van der Waals surface area contributed by atoms with Gasteiger partial charge in [-0.25, -0.2) is 0 Å². The zero-order chi connectivity index (χ0) is 15.7. The van der Waals surface area contributed by atoms with Crippen LogP contribution in [0.5, 0.6) is 0 Å². The van der Waals surface area contributed by atoms with E-state index in [1.54, 1.807) is 7.05 Å². The maximum Gasteiger partial charge on any atom is 0.279 e. The lowest BCUT2D eigenvalue weighted by molar-refractivity contribution is 0.435. The molecule has 0 aliphatic heterocycles. The van der Waals surface area contributed by atoms with Gasteiger partial charge in [-0.1, -0.05) is 44.2 Å². The van der Waals surface area contributed by atoms with E-state index in [1.165, 1.54) is 4.31 Å². The fraction of sp³-hybridized carbons (Fsp3) is 0.600. The summed E-state index contributed by atoms with van der Waals surface area (Å²) in [7, 11) is -1.83. The van der Waals surface area contributed by atoms with Crippen molar-refractivity contribution in [3.63, 3.8) is 0 Å². The molecule has 1 rings (SSSR count). The highest BCUT2D eigenvalue weighted by Crippen LogP contribution is 2.17. The van der Waals surface area contributed by atoms with Gasteiger partial charge in [-0.05, 0) is 31.5 Å². The lowest BCUT2D eigenvalue weighted by atomic mass is 10.1. The van der Waals surface area contributed by atoms with Crippen molar-refractivity contribution < 1.29 is 8.42 Å². The van der Waals surface area contributed by atoms with E-state index in [9.17, 15) is 8.42 Å². The van der Waals surface area contributed by atoms with Gasteiger partial charge in [0.05, 0.1) is 0 Å². The molecule has 0 spiro atoms.